The molecule has 0 aromatic heterocycles. The molecule has 4 heteroatoms. The molecule has 1 N–H and O–H groups in total. The van der Waals surface area contributed by atoms with Crippen LogP contribution in [0.1, 0.15) is 31.4 Å². The normalized spacial score (nSPS) is 21.1. The highest BCUT2D eigenvalue weighted by molar-refractivity contribution is 5.60. The molecule has 2 rings (SSSR count). The molecule has 1 aromatic carbocycles. The summed E-state index contributed by atoms with van der Waals surface area (Å²) in [5, 5.41) is 10.1. The van der Waals surface area contributed by atoms with E-state index in [0.717, 1.165) is 30.1 Å². The van der Waals surface area contributed by atoms with Crippen LogP contribution in [0.15, 0.2) is 18.2 Å². The molecule has 112 valence electrons. The number of ether oxygens (including phenoxy) is 1. The molecule has 1 aliphatic rings. The van der Waals surface area contributed by atoms with Gasteiger partial charge in [0.25, 0.3) is 0 Å². The second-order valence-electron chi connectivity index (χ2n) is 5.77. The van der Waals surface area contributed by atoms with Gasteiger partial charge >= 0.3 is 0 Å². The summed E-state index contributed by atoms with van der Waals surface area (Å²) < 4.78 is 5.42. The maximum atomic E-state index is 10.1. The molecule has 0 spiro atoms. The van der Waals surface area contributed by atoms with E-state index in [1.54, 1.807) is 14.0 Å². The monoisotopic (exact) mass is 278 g/mol. The van der Waals surface area contributed by atoms with Crippen molar-refractivity contribution < 1.29 is 9.84 Å². The third-order valence-electron chi connectivity index (χ3n) is 4.15. The number of rotatable bonds is 4. The fourth-order valence-corrected chi connectivity index (χ4v) is 3.00. The number of piperidine rings is 1. The van der Waals surface area contributed by atoms with Crippen molar-refractivity contribution in [1.82, 2.24) is 4.90 Å². The maximum Gasteiger partial charge on any atom is 0.126 e. The van der Waals surface area contributed by atoms with E-state index < -0.39 is 6.10 Å². The molecule has 0 amide bonds. The van der Waals surface area contributed by atoms with Gasteiger partial charge in [-0.25, -0.2) is 0 Å². The number of aliphatic hydroxyl groups is 1. The molecule has 0 saturated carbocycles. The Morgan fingerprint density at radius 1 is 1.40 bits per heavy atom. The van der Waals surface area contributed by atoms with E-state index >= 15 is 0 Å². The first kappa shape index (κ1) is 15.1. The van der Waals surface area contributed by atoms with Gasteiger partial charge in [-0.15, -0.1) is 0 Å². The zero-order chi connectivity index (χ0) is 14.7. The molecule has 1 saturated heterocycles. The van der Waals surface area contributed by atoms with Gasteiger partial charge in [0.05, 0.1) is 13.2 Å². The Morgan fingerprint density at radius 2 is 2.15 bits per heavy atom. The first-order chi connectivity index (χ1) is 9.54. The van der Waals surface area contributed by atoms with Crippen molar-refractivity contribution in [3.8, 4) is 5.75 Å². The van der Waals surface area contributed by atoms with Gasteiger partial charge in [-0.1, -0.05) is 6.07 Å². The summed E-state index contributed by atoms with van der Waals surface area (Å²) in [6.45, 7) is 3.84. The van der Waals surface area contributed by atoms with Crippen LogP contribution >= 0.6 is 0 Å². The minimum atomic E-state index is -0.527. The highest BCUT2D eigenvalue weighted by Crippen LogP contribution is 2.35. The number of benzene rings is 1. The van der Waals surface area contributed by atoms with Gasteiger partial charge in [0.2, 0.25) is 0 Å². The molecule has 1 aliphatic heterocycles. The summed E-state index contributed by atoms with van der Waals surface area (Å²) in [5.41, 5.74) is 2.00. The van der Waals surface area contributed by atoms with Gasteiger partial charge in [-0.05, 0) is 46.0 Å². The zero-order valence-electron chi connectivity index (χ0n) is 13.0. The molecule has 2 atom stereocenters. The lowest BCUT2D eigenvalue weighted by Crippen LogP contribution is -2.45. The average molecular weight is 278 g/mol. The Kier molecular flexibility index (Phi) is 4.89. The van der Waals surface area contributed by atoms with Gasteiger partial charge in [-0.2, -0.15) is 0 Å². The number of anilines is 1. The summed E-state index contributed by atoms with van der Waals surface area (Å²) in [5.74, 6) is 0.768. The molecule has 0 aliphatic carbocycles. The lowest BCUT2D eigenvalue weighted by atomic mass is 10.0. The summed E-state index contributed by atoms with van der Waals surface area (Å²) in [6, 6.07) is 6.57. The summed E-state index contributed by atoms with van der Waals surface area (Å²) in [6.07, 6.45) is 1.89. The smallest absolute Gasteiger partial charge is 0.126 e. The third-order valence-corrected chi connectivity index (χ3v) is 4.15. The van der Waals surface area contributed by atoms with Crippen LogP contribution in [-0.2, 0) is 0 Å². The third kappa shape index (κ3) is 3.07. The minimum absolute atomic E-state index is 0.527. The van der Waals surface area contributed by atoms with Crippen LogP contribution in [0.3, 0.4) is 0 Å². The number of likely N-dealkylation sites (N-methyl/N-ethyl adjacent to an activating group) is 1. The van der Waals surface area contributed by atoms with Gasteiger partial charge in [0.1, 0.15) is 5.75 Å². The largest absolute Gasteiger partial charge is 0.496 e. The Morgan fingerprint density at radius 3 is 2.75 bits per heavy atom. The van der Waals surface area contributed by atoms with Crippen LogP contribution in [0.2, 0.25) is 0 Å². The number of hydrogen-bond donors (Lipinski definition) is 1. The van der Waals surface area contributed by atoms with Gasteiger partial charge < -0.3 is 19.6 Å². The maximum absolute atomic E-state index is 10.1. The summed E-state index contributed by atoms with van der Waals surface area (Å²) in [4.78, 5) is 4.66. The summed E-state index contributed by atoms with van der Waals surface area (Å²) >= 11 is 0. The van der Waals surface area contributed by atoms with E-state index in [1.165, 1.54) is 12.8 Å². The standard InChI is InChI=1S/C16H26N2O2/c1-12(19)16-14(8-5-9-15(16)20-4)18-10-6-7-13(11-18)17(2)3/h5,8-9,12-13,19H,6-7,10-11H2,1-4H3/t12-,13?/m0/s1. The van der Waals surface area contributed by atoms with Gasteiger partial charge in [0.15, 0.2) is 0 Å². The van der Waals surface area contributed by atoms with Crippen LogP contribution in [-0.4, -0.2) is 50.3 Å². The van der Waals surface area contributed by atoms with E-state index in [0.29, 0.717) is 6.04 Å². The second-order valence-corrected chi connectivity index (χ2v) is 5.77. The molecule has 1 unspecified atom stereocenters. The van der Waals surface area contributed by atoms with Crippen LogP contribution in [0.4, 0.5) is 5.69 Å². The van der Waals surface area contributed by atoms with E-state index in [9.17, 15) is 5.11 Å². The highest BCUT2D eigenvalue weighted by Gasteiger charge is 2.25. The number of hydrogen-bond acceptors (Lipinski definition) is 4. The molecular weight excluding hydrogens is 252 g/mol. The summed E-state index contributed by atoms with van der Waals surface area (Å²) in [7, 11) is 5.93. The van der Waals surface area contributed by atoms with Crippen molar-refractivity contribution in [3.63, 3.8) is 0 Å². The molecule has 0 bridgehead atoms. The van der Waals surface area contributed by atoms with Crippen molar-refractivity contribution in [2.45, 2.75) is 31.9 Å². The van der Waals surface area contributed by atoms with E-state index in [4.69, 9.17) is 4.74 Å². The minimum Gasteiger partial charge on any atom is -0.496 e. The molecule has 20 heavy (non-hydrogen) atoms. The van der Waals surface area contributed by atoms with Crippen LogP contribution in [0.5, 0.6) is 5.75 Å². The fourth-order valence-electron chi connectivity index (χ4n) is 3.00. The fraction of sp³-hybridized carbons (Fsp3) is 0.625. The van der Waals surface area contributed by atoms with Crippen LogP contribution in [0.25, 0.3) is 0 Å². The molecule has 1 heterocycles. The van der Waals surface area contributed by atoms with Gasteiger partial charge in [0, 0.05) is 30.4 Å². The molecule has 1 fully saturated rings. The van der Waals surface area contributed by atoms with Crippen molar-refractivity contribution >= 4 is 5.69 Å². The van der Waals surface area contributed by atoms with E-state index in [1.807, 2.05) is 12.1 Å². The second kappa shape index (κ2) is 6.46. The Balaban J connectivity index is 2.32. The number of methoxy groups -OCH3 is 1. The van der Waals surface area contributed by atoms with Crippen LogP contribution < -0.4 is 9.64 Å². The van der Waals surface area contributed by atoms with Crippen LogP contribution in [0, 0.1) is 0 Å². The predicted molar refractivity (Wildman–Crippen MR) is 82.5 cm³/mol. The van der Waals surface area contributed by atoms with Gasteiger partial charge in [-0.3, -0.25) is 0 Å². The first-order valence-electron chi connectivity index (χ1n) is 7.31. The Hall–Kier alpha value is -1.26. The molecule has 1 aromatic rings. The highest BCUT2D eigenvalue weighted by atomic mass is 16.5. The zero-order valence-corrected chi connectivity index (χ0v) is 13.0. The molecular formula is C16H26N2O2. The Labute approximate surface area is 122 Å². The lowest BCUT2D eigenvalue weighted by Gasteiger charge is -2.38. The topological polar surface area (TPSA) is 35.9 Å². The van der Waals surface area contributed by atoms with E-state index in [-0.39, 0.29) is 0 Å². The first-order valence-corrected chi connectivity index (χ1v) is 7.31. The van der Waals surface area contributed by atoms with E-state index in [2.05, 4.69) is 30.0 Å². The number of nitrogens with zero attached hydrogens (tertiary/aromatic N) is 2. The van der Waals surface area contributed by atoms with Crippen molar-refractivity contribution in [1.29, 1.82) is 0 Å². The SMILES string of the molecule is COc1cccc(N2CCCC(N(C)C)C2)c1[C@H](C)O. The lowest BCUT2D eigenvalue weighted by molar-refractivity contribution is 0.194. The number of aliphatic hydroxyl groups excluding tert-OH is 1. The molecule has 0 radical (unpaired) electrons. The Bertz CT molecular complexity index is 446. The van der Waals surface area contributed by atoms with Crippen molar-refractivity contribution in [2.75, 3.05) is 39.2 Å². The molecule has 4 nitrogen and oxygen atoms in total. The average Bonchev–Trinajstić information content (AvgIpc) is 2.46. The van der Waals surface area contributed by atoms with Crippen molar-refractivity contribution in [2.24, 2.45) is 0 Å². The quantitative estimate of drug-likeness (QED) is 0.916. The van der Waals surface area contributed by atoms with Crippen molar-refractivity contribution in [3.05, 3.63) is 23.8 Å². The predicted octanol–water partition coefficient (Wildman–Crippen LogP) is 2.28.